The molecule has 1 unspecified atom stereocenters. The average molecular weight is 365 g/mol. The van der Waals surface area contributed by atoms with Crippen molar-refractivity contribution in [3.63, 3.8) is 0 Å². The van der Waals surface area contributed by atoms with Crippen LogP contribution in [0.3, 0.4) is 0 Å². The SMILES string of the molecule is CCn1nc(Cl)c2c(Nc3ccc(S(N)(=O)=NC)cc3)ccnc21. The van der Waals surface area contributed by atoms with Gasteiger partial charge in [0, 0.05) is 25.5 Å². The van der Waals surface area contributed by atoms with E-state index in [2.05, 4.69) is 19.8 Å². The van der Waals surface area contributed by atoms with E-state index in [1.54, 1.807) is 35.1 Å². The first-order valence-corrected chi connectivity index (χ1v) is 9.23. The van der Waals surface area contributed by atoms with Gasteiger partial charge in [-0.25, -0.2) is 23.4 Å². The Kier molecular flexibility index (Phi) is 4.44. The van der Waals surface area contributed by atoms with Crippen molar-refractivity contribution in [2.24, 2.45) is 9.50 Å². The Morgan fingerprint density at radius 1 is 1.33 bits per heavy atom. The van der Waals surface area contributed by atoms with Gasteiger partial charge in [-0.05, 0) is 37.3 Å². The summed E-state index contributed by atoms with van der Waals surface area (Å²) in [7, 11) is -1.39. The Bertz CT molecular complexity index is 1000. The van der Waals surface area contributed by atoms with Gasteiger partial charge in [0.2, 0.25) is 0 Å². The summed E-state index contributed by atoms with van der Waals surface area (Å²) >= 11 is 6.25. The number of aromatic nitrogens is 3. The first-order valence-electron chi connectivity index (χ1n) is 7.27. The number of benzene rings is 1. The minimum absolute atomic E-state index is 0.397. The highest BCUT2D eigenvalue weighted by atomic mass is 35.5. The number of nitrogens with zero attached hydrogens (tertiary/aromatic N) is 4. The van der Waals surface area contributed by atoms with E-state index in [-0.39, 0.29) is 0 Å². The summed E-state index contributed by atoms with van der Waals surface area (Å²) in [6, 6.07) is 8.78. The van der Waals surface area contributed by atoms with E-state index < -0.39 is 9.92 Å². The Morgan fingerprint density at radius 3 is 2.67 bits per heavy atom. The van der Waals surface area contributed by atoms with Gasteiger partial charge in [0.15, 0.2) is 10.8 Å². The lowest BCUT2D eigenvalue weighted by atomic mass is 10.2. The lowest BCUT2D eigenvalue weighted by Crippen LogP contribution is -2.11. The fourth-order valence-electron chi connectivity index (χ4n) is 2.37. The van der Waals surface area contributed by atoms with Gasteiger partial charge in [-0.15, -0.1) is 0 Å². The molecule has 7 nitrogen and oxygen atoms in total. The molecule has 0 amide bonds. The van der Waals surface area contributed by atoms with Crippen molar-refractivity contribution in [1.29, 1.82) is 0 Å². The minimum atomic E-state index is -2.83. The normalized spacial score (nSPS) is 13.7. The predicted octanol–water partition coefficient (Wildman–Crippen LogP) is 3.18. The number of halogens is 1. The topological polar surface area (TPSA) is 98.2 Å². The van der Waals surface area contributed by atoms with Crippen molar-refractivity contribution in [3.8, 4) is 0 Å². The molecule has 9 heteroatoms. The predicted molar refractivity (Wildman–Crippen MR) is 96.9 cm³/mol. The van der Waals surface area contributed by atoms with Gasteiger partial charge in [0.25, 0.3) is 0 Å². The van der Waals surface area contributed by atoms with Crippen LogP contribution in [0.5, 0.6) is 0 Å². The van der Waals surface area contributed by atoms with Gasteiger partial charge in [-0.3, -0.25) is 0 Å². The average Bonchev–Trinajstić information content (AvgIpc) is 2.92. The molecule has 2 heterocycles. The maximum Gasteiger partial charge on any atom is 0.162 e. The number of aryl methyl sites for hydroxylation is 1. The van der Waals surface area contributed by atoms with Crippen LogP contribution in [0.25, 0.3) is 11.0 Å². The number of rotatable bonds is 4. The summed E-state index contributed by atoms with van der Waals surface area (Å²) in [5.74, 6) is 0. The molecule has 3 aromatic rings. The largest absolute Gasteiger partial charge is 0.355 e. The first-order chi connectivity index (χ1) is 11.5. The Morgan fingerprint density at radius 2 is 2.04 bits per heavy atom. The molecule has 0 aliphatic heterocycles. The number of hydrogen-bond acceptors (Lipinski definition) is 5. The zero-order chi connectivity index (χ0) is 17.3. The van der Waals surface area contributed by atoms with Gasteiger partial charge in [0.1, 0.15) is 9.92 Å². The molecule has 0 spiro atoms. The summed E-state index contributed by atoms with van der Waals surface area (Å²) in [6.07, 6.45) is 1.70. The number of nitrogens with two attached hydrogens (primary N) is 1. The standard InChI is InChI=1S/C15H17ClN6OS/c1-3-22-15-13(14(16)21-22)12(8-9-19-15)20-10-4-6-11(7-5-10)24(17,23)18-2/h4-9H,3H2,1-2H3,(H,19,20)(H2,17,18,23). The number of fused-ring (bicyclic) bond motifs is 1. The van der Waals surface area contributed by atoms with Crippen molar-refractivity contribution in [3.05, 3.63) is 41.7 Å². The van der Waals surface area contributed by atoms with Crippen molar-refractivity contribution in [1.82, 2.24) is 14.8 Å². The summed E-state index contributed by atoms with van der Waals surface area (Å²) in [6.45, 7) is 2.66. The number of pyridine rings is 1. The molecule has 1 atom stereocenters. The zero-order valence-electron chi connectivity index (χ0n) is 13.2. The molecule has 126 valence electrons. The molecule has 0 radical (unpaired) electrons. The third kappa shape index (κ3) is 2.95. The highest BCUT2D eigenvalue weighted by molar-refractivity contribution is 7.91. The smallest absolute Gasteiger partial charge is 0.162 e. The number of nitrogens with one attached hydrogen (secondary N) is 1. The van der Waals surface area contributed by atoms with Gasteiger partial charge < -0.3 is 5.32 Å². The maximum atomic E-state index is 12.0. The van der Waals surface area contributed by atoms with Crippen LogP contribution in [-0.4, -0.2) is 26.0 Å². The van der Waals surface area contributed by atoms with Crippen molar-refractivity contribution < 1.29 is 4.21 Å². The third-order valence-electron chi connectivity index (χ3n) is 3.63. The fraction of sp³-hybridized carbons (Fsp3) is 0.200. The van der Waals surface area contributed by atoms with Crippen LogP contribution in [0.4, 0.5) is 11.4 Å². The third-order valence-corrected chi connectivity index (χ3v) is 5.39. The Balaban J connectivity index is 1.99. The minimum Gasteiger partial charge on any atom is -0.355 e. The lowest BCUT2D eigenvalue weighted by Gasteiger charge is -2.09. The van der Waals surface area contributed by atoms with Crippen LogP contribution >= 0.6 is 11.6 Å². The van der Waals surface area contributed by atoms with Crippen LogP contribution in [0.2, 0.25) is 5.15 Å². The van der Waals surface area contributed by atoms with Crippen LogP contribution in [0, 0.1) is 0 Å². The molecular weight excluding hydrogens is 348 g/mol. The Hall–Kier alpha value is -2.16. The van der Waals surface area contributed by atoms with Crippen molar-refractivity contribution >= 4 is 43.9 Å². The molecule has 0 fully saturated rings. The van der Waals surface area contributed by atoms with E-state index in [0.29, 0.717) is 16.6 Å². The molecule has 2 aromatic heterocycles. The molecule has 1 aromatic carbocycles. The lowest BCUT2D eigenvalue weighted by molar-refractivity contribution is 0.677. The van der Waals surface area contributed by atoms with E-state index in [1.807, 2.05) is 13.0 Å². The summed E-state index contributed by atoms with van der Waals surface area (Å²) in [5.41, 5.74) is 2.32. The van der Waals surface area contributed by atoms with Gasteiger partial charge >= 0.3 is 0 Å². The van der Waals surface area contributed by atoms with E-state index >= 15 is 0 Å². The second-order valence-corrected chi connectivity index (χ2v) is 7.40. The highest BCUT2D eigenvalue weighted by Gasteiger charge is 2.13. The second-order valence-electron chi connectivity index (χ2n) is 5.06. The van der Waals surface area contributed by atoms with E-state index in [1.165, 1.54) is 7.05 Å². The van der Waals surface area contributed by atoms with Crippen molar-refractivity contribution in [2.75, 3.05) is 12.4 Å². The molecule has 0 saturated carbocycles. The maximum absolute atomic E-state index is 12.0. The molecule has 0 saturated heterocycles. The molecule has 24 heavy (non-hydrogen) atoms. The molecule has 0 aliphatic rings. The summed E-state index contributed by atoms with van der Waals surface area (Å²) < 4.78 is 17.5. The molecular formula is C15H17ClN6OS. The summed E-state index contributed by atoms with van der Waals surface area (Å²) in [4.78, 5) is 4.82. The van der Waals surface area contributed by atoms with Crippen molar-refractivity contribution in [2.45, 2.75) is 18.4 Å². The van der Waals surface area contributed by atoms with Crippen LogP contribution in [0.1, 0.15) is 6.92 Å². The van der Waals surface area contributed by atoms with Gasteiger partial charge in [0.05, 0.1) is 16.0 Å². The van der Waals surface area contributed by atoms with Gasteiger partial charge in [-0.2, -0.15) is 5.10 Å². The van der Waals surface area contributed by atoms with E-state index in [4.69, 9.17) is 16.7 Å². The fourth-order valence-corrected chi connectivity index (χ4v) is 3.39. The quantitative estimate of drug-likeness (QED) is 0.742. The van der Waals surface area contributed by atoms with Gasteiger partial charge in [-0.1, -0.05) is 11.6 Å². The molecule has 3 rings (SSSR count). The van der Waals surface area contributed by atoms with E-state index in [0.717, 1.165) is 22.4 Å². The zero-order valence-corrected chi connectivity index (χ0v) is 14.8. The van der Waals surface area contributed by atoms with E-state index in [9.17, 15) is 4.21 Å². The highest BCUT2D eigenvalue weighted by Crippen LogP contribution is 2.31. The second kappa shape index (κ2) is 6.39. The molecule has 3 N–H and O–H groups in total. The number of hydrogen-bond donors (Lipinski definition) is 2. The summed E-state index contributed by atoms with van der Waals surface area (Å²) in [5, 5.41) is 14.4. The van der Waals surface area contributed by atoms with Crippen LogP contribution in [-0.2, 0) is 16.5 Å². The monoisotopic (exact) mass is 364 g/mol. The molecule has 0 bridgehead atoms. The van der Waals surface area contributed by atoms with Crippen LogP contribution in [0.15, 0.2) is 45.8 Å². The molecule has 0 aliphatic carbocycles. The number of anilines is 2. The Labute approximate surface area is 145 Å². The van der Waals surface area contributed by atoms with Crippen LogP contribution < -0.4 is 10.5 Å². The first kappa shape index (κ1) is 16.7.